The molecule has 0 bridgehead atoms. The van der Waals surface area contributed by atoms with E-state index in [9.17, 15) is 4.79 Å². The fraction of sp³-hybridized carbons (Fsp3) is 0.111. The molecule has 0 aliphatic heterocycles. The first-order chi connectivity index (χ1) is 7.08. The minimum absolute atomic E-state index is 0.348. The summed E-state index contributed by atoms with van der Waals surface area (Å²) in [5.74, 6) is -1.09. The van der Waals surface area contributed by atoms with Crippen LogP contribution in [0.15, 0.2) is 28.9 Å². The van der Waals surface area contributed by atoms with Crippen molar-refractivity contribution in [3.05, 3.63) is 34.6 Å². The number of carboxylic acid groups (broad SMARTS) is 1. The molecular weight excluding hydrogens is 262 g/mol. The molecule has 2 heterocycles. The van der Waals surface area contributed by atoms with Crippen LogP contribution in [0.25, 0.3) is 5.52 Å². The van der Waals surface area contributed by atoms with Gasteiger partial charge in [0.05, 0.1) is 11.2 Å². The molecule has 0 saturated carbocycles. The number of nitrogens with two attached hydrogens (primary N) is 1. The number of aromatic nitrogens is 2. The number of aliphatic carboxylic acids is 1. The normalized spacial score (nSPS) is 12.9. The number of rotatable bonds is 2. The van der Waals surface area contributed by atoms with Crippen LogP contribution in [0.5, 0.6) is 0 Å². The number of nitrogens with zero attached hydrogens (tertiary/aromatic N) is 2. The third-order valence-corrected chi connectivity index (χ3v) is 2.52. The van der Waals surface area contributed by atoms with Crippen LogP contribution in [0.2, 0.25) is 0 Å². The van der Waals surface area contributed by atoms with Gasteiger partial charge in [0.15, 0.2) is 0 Å². The molecule has 5 nitrogen and oxygen atoms in total. The zero-order chi connectivity index (χ0) is 11.0. The summed E-state index contributed by atoms with van der Waals surface area (Å²) in [6.07, 6.45) is 1.73. The molecule has 2 aromatic heterocycles. The van der Waals surface area contributed by atoms with E-state index < -0.39 is 12.0 Å². The number of carbonyl (C=O) groups is 1. The molecule has 1 unspecified atom stereocenters. The molecule has 2 rings (SSSR count). The van der Waals surface area contributed by atoms with Gasteiger partial charge in [-0.15, -0.1) is 0 Å². The zero-order valence-electron chi connectivity index (χ0n) is 7.59. The number of pyridine rings is 1. The van der Waals surface area contributed by atoms with Gasteiger partial charge in [0, 0.05) is 10.7 Å². The van der Waals surface area contributed by atoms with Crippen LogP contribution in [-0.2, 0) is 4.79 Å². The van der Waals surface area contributed by atoms with Crippen molar-refractivity contribution in [2.24, 2.45) is 5.73 Å². The van der Waals surface area contributed by atoms with Gasteiger partial charge in [-0.2, -0.15) is 5.10 Å². The molecule has 0 aromatic carbocycles. The monoisotopic (exact) mass is 269 g/mol. The SMILES string of the molecule is NC(C(=O)O)c1cc2cc(Br)ccn2n1. The van der Waals surface area contributed by atoms with E-state index in [1.807, 2.05) is 12.1 Å². The molecule has 0 radical (unpaired) electrons. The summed E-state index contributed by atoms with van der Waals surface area (Å²) in [6.45, 7) is 0. The van der Waals surface area contributed by atoms with Gasteiger partial charge in [-0.3, -0.25) is 4.79 Å². The second kappa shape index (κ2) is 3.63. The van der Waals surface area contributed by atoms with Crippen LogP contribution in [-0.4, -0.2) is 20.7 Å². The Balaban J connectivity index is 2.51. The Bertz CT molecular complexity index is 523. The Morgan fingerprint density at radius 2 is 2.33 bits per heavy atom. The van der Waals surface area contributed by atoms with E-state index in [0.29, 0.717) is 5.69 Å². The molecule has 15 heavy (non-hydrogen) atoms. The van der Waals surface area contributed by atoms with Gasteiger partial charge in [-0.1, -0.05) is 15.9 Å². The smallest absolute Gasteiger partial charge is 0.326 e. The quantitative estimate of drug-likeness (QED) is 0.858. The van der Waals surface area contributed by atoms with Crippen LogP contribution >= 0.6 is 15.9 Å². The Hall–Kier alpha value is -1.40. The third-order valence-electron chi connectivity index (χ3n) is 2.03. The molecule has 0 aliphatic rings. The molecule has 1 atom stereocenters. The summed E-state index contributed by atoms with van der Waals surface area (Å²) in [5, 5.41) is 12.8. The first-order valence-corrected chi connectivity index (χ1v) is 5.00. The number of fused-ring (bicyclic) bond motifs is 1. The number of hydrogen-bond donors (Lipinski definition) is 2. The highest BCUT2D eigenvalue weighted by atomic mass is 79.9. The van der Waals surface area contributed by atoms with E-state index in [0.717, 1.165) is 9.99 Å². The van der Waals surface area contributed by atoms with E-state index in [1.165, 1.54) is 0 Å². The fourth-order valence-corrected chi connectivity index (χ4v) is 1.62. The van der Waals surface area contributed by atoms with E-state index in [2.05, 4.69) is 21.0 Å². The second-order valence-corrected chi connectivity index (χ2v) is 4.02. The molecule has 0 spiro atoms. The van der Waals surface area contributed by atoms with Gasteiger partial charge >= 0.3 is 5.97 Å². The molecule has 0 amide bonds. The maximum absolute atomic E-state index is 10.7. The molecule has 0 aliphatic carbocycles. The summed E-state index contributed by atoms with van der Waals surface area (Å²) in [7, 11) is 0. The molecule has 2 aromatic rings. The standard InChI is InChI=1S/C9H8BrN3O2/c10-5-1-2-13-6(3-5)4-7(12-13)8(11)9(14)15/h1-4,8H,11H2,(H,14,15). The summed E-state index contributed by atoms with van der Waals surface area (Å²) < 4.78 is 2.49. The molecule has 78 valence electrons. The molecule has 6 heteroatoms. The van der Waals surface area contributed by atoms with Crippen molar-refractivity contribution in [3.8, 4) is 0 Å². The number of carboxylic acids is 1. The zero-order valence-corrected chi connectivity index (χ0v) is 9.18. The van der Waals surface area contributed by atoms with Gasteiger partial charge in [0.1, 0.15) is 6.04 Å². The van der Waals surface area contributed by atoms with Gasteiger partial charge in [-0.25, -0.2) is 4.52 Å². The van der Waals surface area contributed by atoms with Gasteiger partial charge in [-0.05, 0) is 18.2 Å². The second-order valence-electron chi connectivity index (χ2n) is 3.10. The largest absolute Gasteiger partial charge is 0.480 e. The lowest BCUT2D eigenvalue weighted by Crippen LogP contribution is -2.21. The van der Waals surface area contributed by atoms with Crippen molar-refractivity contribution in [3.63, 3.8) is 0 Å². The highest BCUT2D eigenvalue weighted by molar-refractivity contribution is 9.10. The van der Waals surface area contributed by atoms with Crippen molar-refractivity contribution in [2.45, 2.75) is 6.04 Å². The highest BCUT2D eigenvalue weighted by Gasteiger charge is 2.17. The van der Waals surface area contributed by atoms with E-state index in [1.54, 1.807) is 16.8 Å². The van der Waals surface area contributed by atoms with Crippen molar-refractivity contribution in [1.82, 2.24) is 9.61 Å². The van der Waals surface area contributed by atoms with Crippen LogP contribution in [0.4, 0.5) is 0 Å². The predicted octanol–water partition coefficient (Wildman–Crippen LogP) is 1.18. The van der Waals surface area contributed by atoms with Crippen molar-refractivity contribution in [1.29, 1.82) is 0 Å². The fourth-order valence-electron chi connectivity index (χ4n) is 1.27. The maximum Gasteiger partial charge on any atom is 0.326 e. The molecular formula is C9H8BrN3O2. The Kier molecular flexibility index (Phi) is 2.45. The molecule has 0 fully saturated rings. The first-order valence-electron chi connectivity index (χ1n) is 4.21. The average Bonchev–Trinajstić information content (AvgIpc) is 2.58. The Morgan fingerprint density at radius 3 is 3.00 bits per heavy atom. The van der Waals surface area contributed by atoms with Gasteiger partial charge in [0.2, 0.25) is 0 Å². The lowest BCUT2D eigenvalue weighted by atomic mass is 10.2. The Morgan fingerprint density at radius 1 is 1.60 bits per heavy atom. The number of halogens is 1. The van der Waals surface area contributed by atoms with Crippen LogP contribution in [0, 0.1) is 0 Å². The minimum atomic E-state index is -1.09. The molecule has 0 saturated heterocycles. The van der Waals surface area contributed by atoms with E-state index in [4.69, 9.17) is 10.8 Å². The Labute approximate surface area is 93.6 Å². The highest BCUT2D eigenvalue weighted by Crippen LogP contribution is 2.16. The summed E-state index contributed by atoms with van der Waals surface area (Å²) >= 11 is 3.32. The van der Waals surface area contributed by atoms with E-state index >= 15 is 0 Å². The number of hydrogen-bond acceptors (Lipinski definition) is 3. The van der Waals surface area contributed by atoms with Crippen LogP contribution in [0.3, 0.4) is 0 Å². The molecule has 3 N–H and O–H groups in total. The summed E-state index contributed by atoms with van der Waals surface area (Å²) in [6, 6.07) is 4.23. The first kappa shape index (κ1) is 10.1. The minimum Gasteiger partial charge on any atom is -0.480 e. The van der Waals surface area contributed by atoms with Crippen molar-refractivity contribution < 1.29 is 9.90 Å². The van der Waals surface area contributed by atoms with E-state index in [-0.39, 0.29) is 0 Å². The summed E-state index contributed by atoms with van der Waals surface area (Å²) in [5.41, 5.74) is 6.60. The average molecular weight is 270 g/mol. The van der Waals surface area contributed by atoms with Crippen molar-refractivity contribution >= 4 is 27.4 Å². The third kappa shape index (κ3) is 1.86. The predicted molar refractivity (Wildman–Crippen MR) is 57.5 cm³/mol. The van der Waals surface area contributed by atoms with Gasteiger partial charge in [0.25, 0.3) is 0 Å². The topological polar surface area (TPSA) is 80.6 Å². The summed E-state index contributed by atoms with van der Waals surface area (Å²) in [4.78, 5) is 10.7. The van der Waals surface area contributed by atoms with Crippen molar-refractivity contribution in [2.75, 3.05) is 0 Å². The maximum atomic E-state index is 10.7. The van der Waals surface area contributed by atoms with Gasteiger partial charge < -0.3 is 10.8 Å². The lowest BCUT2D eigenvalue weighted by molar-refractivity contribution is -0.138. The lowest BCUT2D eigenvalue weighted by Gasteiger charge is -1.99. The van der Waals surface area contributed by atoms with Crippen LogP contribution in [0.1, 0.15) is 11.7 Å². The van der Waals surface area contributed by atoms with Crippen LogP contribution < -0.4 is 5.73 Å².